The summed E-state index contributed by atoms with van der Waals surface area (Å²) in [6.45, 7) is 4.95. The first-order chi connectivity index (χ1) is 7.27. The fraction of sp³-hybridized carbons (Fsp3) is 0.667. The van der Waals surface area contributed by atoms with Crippen LogP contribution in [0, 0.1) is 0 Å². The fourth-order valence-corrected chi connectivity index (χ4v) is 2.49. The Bertz CT molecular complexity index is 242. The SMILES string of the molecule is CCCC(OCC)C(N)Cc1cccs1. The predicted molar refractivity (Wildman–Crippen MR) is 66.3 cm³/mol. The van der Waals surface area contributed by atoms with Crippen molar-refractivity contribution in [2.24, 2.45) is 5.73 Å². The van der Waals surface area contributed by atoms with Gasteiger partial charge < -0.3 is 10.5 Å². The average Bonchev–Trinajstić information content (AvgIpc) is 2.70. The van der Waals surface area contributed by atoms with Gasteiger partial charge in [0.05, 0.1) is 6.10 Å². The van der Waals surface area contributed by atoms with Crippen LogP contribution in [0.25, 0.3) is 0 Å². The van der Waals surface area contributed by atoms with Gasteiger partial charge in [0, 0.05) is 17.5 Å². The van der Waals surface area contributed by atoms with Gasteiger partial charge in [0.25, 0.3) is 0 Å². The van der Waals surface area contributed by atoms with Crippen molar-refractivity contribution in [3.05, 3.63) is 22.4 Å². The maximum absolute atomic E-state index is 6.16. The van der Waals surface area contributed by atoms with Crippen molar-refractivity contribution in [3.8, 4) is 0 Å². The summed E-state index contributed by atoms with van der Waals surface area (Å²) < 4.78 is 5.67. The zero-order valence-electron chi connectivity index (χ0n) is 9.61. The highest BCUT2D eigenvalue weighted by molar-refractivity contribution is 7.09. The molecule has 0 aliphatic rings. The van der Waals surface area contributed by atoms with E-state index in [1.807, 2.05) is 6.92 Å². The molecule has 0 amide bonds. The van der Waals surface area contributed by atoms with Gasteiger partial charge in [0.1, 0.15) is 0 Å². The molecule has 2 N–H and O–H groups in total. The van der Waals surface area contributed by atoms with Crippen molar-refractivity contribution in [2.45, 2.75) is 45.3 Å². The quantitative estimate of drug-likeness (QED) is 0.777. The Labute approximate surface area is 96.4 Å². The average molecular weight is 227 g/mol. The standard InChI is InChI=1S/C12H21NOS/c1-3-6-12(14-4-2)11(13)9-10-7-5-8-15-10/h5,7-8,11-12H,3-4,6,9,13H2,1-2H3. The van der Waals surface area contributed by atoms with Crippen LogP contribution in [0.3, 0.4) is 0 Å². The molecule has 1 aromatic heterocycles. The summed E-state index contributed by atoms with van der Waals surface area (Å²) in [5, 5.41) is 2.09. The van der Waals surface area contributed by atoms with Crippen molar-refractivity contribution in [1.29, 1.82) is 0 Å². The van der Waals surface area contributed by atoms with Gasteiger partial charge in [-0.3, -0.25) is 0 Å². The summed E-state index contributed by atoms with van der Waals surface area (Å²) in [5.41, 5.74) is 6.16. The molecule has 0 bridgehead atoms. The summed E-state index contributed by atoms with van der Waals surface area (Å²) >= 11 is 1.77. The molecular formula is C12H21NOS. The van der Waals surface area contributed by atoms with Gasteiger partial charge in [0.15, 0.2) is 0 Å². The van der Waals surface area contributed by atoms with Crippen LogP contribution >= 0.6 is 11.3 Å². The van der Waals surface area contributed by atoms with Crippen molar-refractivity contribution in [3.63, 3.8) is 0 Å². The maximum atomic E-state index is 6.16. The van der Waals surface area contributed by atoms with Gasteiger partial charge in [-0.25, -0.2) is 0 Å². The Kier molecular flexibility index (Phi) is 5.91. The molecule has 1 heterocycles. The highest BCUT2D eigenvalue weighted by Gasteiger charge is 2.17. The largest absolute Gasteiger partial charge is 0.377 e. The summed E-state index contributed by atoms with van der Waals surface area (Å²) in [6, 6.07) is 4.34. The molecule has 0 aliphatic heterocycles. The van der Waals surface area contributed by atoms with Gasteiger partial charge in [-0.1, -0.05) is 19.4 Å². The Morgan fingerprint density at radius 2 is 2.27 bits per heavy atom. The summed E-state index contributed by atoms with van der Waals surface area (Å²) in [4.78, 5) is 1.35. The number of hydrogen-bond acceptors (Lipinski definition) is 3. The molecule has 2 atom stereocenters. The van der Waals surface area contributed by atoms with Gasteiger partial charge in [-0.05, 0) is 31.2 Å². The van der Waals surface area contributed by atoms with Gasteiger partial charge in [-0.2, -0.15) is 0 Å². The molecule has 0 fully saturated rings. The lowest BCUT2D eigenvalue weighted by atomic mass is 10.0. The van der Waals surface area contributed by atoms with Crippen LogP contribution in [0.4, 0.5) is 0 Å². The van der Waals surface area contributed by atoms with Crippen LogP contribution < -0.4 is 5.73 Å². The second-order valence-corrected chi connectivity index (χ2v) is 4.76. The summed E-state index contributed by atoms with van der Waals surface area (Å²) in [6.07, 6.45) is 3.33. The number of ether oxygens (including phenoxy) is 1. The molecule has 0 saturated heterocycles. The lowest BCUT2D eigenvalue weighted by molar-refractivity contribution is 0.0380. The van der Waals surface area contributed by atoms with Crippen molar-refractivity contribution in [2.75, 3.05) is 6.61 Å². The molecule has 86 valence electrons. The minimum absolute atomic E-state index is 0.128. The minimum atomic E-state index is 0.128. The number of rotatable bonds is 7. The van der Waals surface area contributed by atoms with E-state index in [0.29, 0.717) is 0 Å². The zero-order valence-corrected chi connectivity index (χ0v) is 10.4. The molecule has 0 radical (unpaired) electrons. The Balaban J connectivity index is 2.44. The van der Waals surface area contributed by atoms with E-state index in [0.717, 1.165) is 25.9 Å². The van der Waals surface area contributed by atoms with E-state index in [1.165, 1.54) is 4.88 Å². The Morgan fingerprint density at radius 3 is 2.80 bits per heavy atom. The first kappa shape index (κ1) is 12.7. The van der Waals surface area contributed by atoms with Gasteiger partial charge in [-0.15, -0.1) is 11.3 Å². The number of hydrogen-bond donors (Lipinski definition) is 1. The lowest BCUT2D eigenvalue weighted by Gasteiger charge is -2.22. The first-order valence-electron chi connectivity index (χ1n) is 5.67. The fourth-order valence-electron chi connectivity index (χ4n) is 1.71. The Hall–Kier alpha value is -0.380. The highest BCUT2D eigenvalue weighted by atomic mass is 32.1. The molecule has 2 unspecified atom stereocenters. The molecule has 15 heavy (non-hydrogen) atoms. The Morgan fingerprint density at radius 1 is 1.47 bits per heavy atom. The van der Waals surface area contributed by atoms with E-state index in [1.54, 1.807) is 11.3 Å². The number of nitrogens with two attached hydrogens (primary N) is 1. The third-order valence-corrected chi connectivity index (χ3v) is 3.35. The molecule has 0 aromatic carbocycles. The maximum Gasteiger partial charge on any atom is 0.0729 e. The minimum Gasteiger partial charge on any atom is -0.377 e. The monoisotopic (exact) mass is 227 g/mol. The van der Waals surface area contributed by atoms with Crippen LogP contribution in [0.2, 0.25) is 0 Å². The van der Waals surface area contributed by atoms with E-state index < -0.39 is 0 Å². The zero-order chi connectivity index (χ0) is 11.1. The number of thiophene rings is 1. The van der Waals surface area contributed by atoms with E-state index in [2.05, 4.69) is 24.4 Å². The second-order valence-electron chi connectivity index (χ2n) is 3.73. The van der Waals surface area contributed by atoms with Crippen LogP contribution in [0.1, 0.15) is 31.6 Å². The lowest BCUT2D eigenvalue weighted by Crippen LogP contribution is -2.38. The second kappa shape index (κ2) is 6.99. The molecule has 0 aliphatic carbocycles. The van der Waals surface area contributed by atoms with Gasteiger partial charge in [0.2, 0.25) is 0 Å². The summed E-state index contributed by atoms with van der Waals surface area (Å²) in [5.74, 6) is 0. The van der Waals surface area contributed by atoms with E-state index in [4.69, 9.17) is 10.5 Å². The normalized spacial score (nSPS) is 15.1. The van der Waals surface area contributed by atoms with E-state index >= 15 is 0 Å². The van der Waals surface area contributed by atoms with E-state index in [-0.39, 0.29) is 12.1 Å². The van der Waals surface area contributed by atoms with Crippen LogP contribution in [-0.2, 0) is 11.2 Å². The van der Waals surface area contributed by atoms with Crippen molar-refractivity contribution >= 4 is 11.3 Å². The summed E-state index contributed by atoms with van der Waals surface area (Å²) in [7, 11) is 0. The first-order valence-corrected chi connectivity index (χ1v) is 6.55. The molecule has 0 spiro atoms. The van der Waals surface area contributed by atoms with Crippen LogP contribution in [0.15, 0.2) is 17.5 Å². The molecular weight excluding hydrogens is 206 g/mol. The van der Waals surface area contributed by atoms with Crippen molar-refractivity contribution < 1.29 is 4.74 Å². The molecule has 1 aromatic rings. The van der Waals surface area contributed by atoms with Crippen molar-refractivity contribution in [1.82, 2.24) is 0 Å². The van der Waals surface area contributed by atoms with Crippen LogP contribution in [0.5, 0.6) is 0 Å². The highest BCUT2D eigenvalue weighted by Crippen LogP contribution is 2.15. The predicted octanol–water partition coefficient (Wildman–Crippen LogP) is 2.82. The topological polar surface area (TPSA) is 35.2 Å². The van der Waals surface area contributed by atoms with Gasteiger partial charge >= 0.3 is 0 Å². The molecule has 2 nitrogen and oxygen atoms in total. The molecule has 1 rings (SSSR count). The smallest absolute Gasteiger partial charge is 0.0729 e. The molecule has 3 heteroatoms. The third kappa shape index (κ3) is 4.33. The third-order valence-electron chi connectivity index (χ3n) is 2.45. The van der Waals surface area contributed by atoms with E-state index in [9.17, 15) is 0 Å². The van der Waals surface area contributed by atoms with Crippen LogP contribution in [-0.4, -0.2) is 18.8 Å². The molecule has 0 saturated carbocycles.